The Morgan fingerprint density at radius 3 is 2.94 bits per heavy atom. The van der Waals surface area contributed by atoms with Gasteiger partial charge in [0.25, 0.3) is 0 Å². The number of carbonyl (C=O) groups is 1. The number of hydrogen-bond acceptors (Lipinski definition) is 3. The van der Waals surface area contributed by atoms with E-state index >= 15 is 0 Å². The van der Waals surface area contributed by atoms with Gasteiger partial charge in [0.1, 0.15) is 0 Å². The highest BCUT2D eigenvalue weighted by Gasteiger charge is 2.23. The molecule has 1 fully saturated rings. The number of hydrogen-bond donors (Lipinski definition) is 1. The number of carbonyl (C=O) groups excluding carboxylic acids is 1. The molecule has 96 valence electrons. The summed E-state index contributed by atoms with van der Waals surface area (Å²) < 4.78 is 0. The smallest absolute Gasteiger partial charge is 0.240 e. The molecular weight excluding hydrogens is 214 g/mol. The molecule has 1 unspecified atom stereocenters. The van der Waals surface area contributed by atoms with Crippen molar-refractivity contribution in [3.8, 4) is 0 Å². The van der Waals surface area contributed by atoms with E-state index < -0.39 is 0 Å². The minimum absolute atomic E-state index is 0.215. The third-order valence-electron chi connectivity index (χ3n) is 3.86. The molecule has 0 saturated carbocycles. The first kappa shape index (κ1) is 12.6. The van der Waals surface area contributed by atoms with Gasteiger partial charge in [-0.2, -0.15) is 0 Å². The summed E-state index contributed by atoms with van der Waals surface area (Å²) in [7, 11) is 3.95. The Morgan fingerprint density at radius 1 is 1.53 bits per heavy atom. The molecule has 4 heteroatoms. The summed E-state index contributed by atoms with van der Waals surface area (Å²) in [6, 6.07) is 0.518. The van der Waals surface area contributed by atoms with Crippen molar-refractivity contribution in [3.05, 3.63) is 11.8 Å². The van der Waals surface area contributed by atoms with Crippen LogP contribution in [0.2, 0.25) is 0 Å². The first-order chi connectivity index (χ1) is 8.18. The lowest BCUT2D eigenvalue weighted by Gasteiger charge is -2.26. The zero-order valence-corrected chi connectivity index (χ0v) is 10.9. The quantitative estimate of drug-likeness (QED) is 0.786. The summed E-state index contributed by atoms with van der Waals surface area (Å²) in [5.74, 6) is 0.215. The van der Waals surface area contributed by atoms with Gasteiger partial charge < -0.3 is 10.2 Å². The topological polar surface area (TPSA) is 35.6 Å². The van der Waals surface area contributed by atoms with Gasteiger partial charge in [-0.05, 0) is 39.3 Å². The number of likely N-dealkylation sites (N-methyl/N-ethyl adjacent to an activating group) is 2. The second kappa shape index (κ2) is 5.65. The van der Waals surface area contributed by atoms with Crippen molar-refractivity contribution in [1.29, 1.82) is 0 Å². The Bertz CT molecular complexity index is 308. The zero-order chi connectivity index (χ0) is 12.3. The lowest BCUT2D eigenvalue weighted by molar-refractivity contribution is -0.129. The van der Waals surface area contributed by atoms with Gasteiger partial charge in [-0.25, -0.2) is 0 Å². The first-order valence-electron chi connectivity index (χ1n) is 6.55. The van der Waals surface area contributed by atoms with Gasteiger partial charge in [0.05, 0.1) is 6.54 Å². The molecule has 2 aliphatic rings. The van der Waals surface area contributed by atoms with Crippen LogP contribution < -0.4 is 5.32 Å². The van der Waals surface area contributed by atoms with Crippen LogP contribution in [0.5, 0.6) is 0 Å². The third kappa shape index (κ3) is 3.07. The largest absolute Gasteiger partial charge is 0.318 e. The monoisotopic (exact) mass is 237 g/mol. The normalized spacial score (nSPS) is 24.2. The van der Waals surface area contributed by atoms with Crippen LogP contribution in [0.1, 0.15) is 25.7 Å². The number of nitrogens with zero attached hydrogens (tertiary/aromatic N) is 2. The molecular formula is C13H23N3O. The molecule has 1 amide bonds. The Morgan fingerprint density at radius 2 is 2.35 bits per heavy atom. The van der Waals surface area contributed by atoms with Crippen LogP contribution in [0.25, 0.3) is 0 Å². The van der Waals surface area contributed by atoms with Gasteiger partial charge in [0, 0.05) is 25.3 Å². The second-order valence-corrected chi connectivity index (χ2v) is 5.10. The molecule has 0 spiro atoms. The molecule has 4 nitrogen and oxygen atoms in total. The Balaban J connectivity index is 1.83. The van der Waals surface area contributed by atoms with Crippen molar-refractivity contribution in [2.75, 3.05) is 33.7 Å². The average molecular weight is 237 g/mol. The molecule has 1 N–H and O–H groups in total. The summed E-state index contributed by atoms with van der Waals surface area (Å²) in [5, 5.41) is 3.33. The number of nitrogens with one attached hydrogen (secondary N) is 1. The maximum Gasteiger partial charge on any atom is 0.240 e. The van der Waals surface area contributed by atoms with Gasteiger partial charge in [-0.15, -0.1) is 0 Å². The molecule has 1 atom stereocenters. The highest BCUT2D eigenvalue weighted by molar-refractivity contribution is 5.79. The van der Waals surface area contributed by atoms with Gasteiger partial charge >= 0.3 is 0 Å². The summed E-state index contributed by atoms with van der Waals surface area (Å²) in [4.78, 5) is 16.1. The molecule has 0 aromatic rings. The zero-order valence-electron chi connectivity index (χ0n) is 10.9. The summed E-state index contributed by atoms with van der Waals surface area (Å²) >= 11 is 0. The van der Waals surface area contributed by atoms with Crippen LogP contribution in [0.4, 0.5) is 0 Å². The molecule has 0 aromatic carbocycles. The molecule has 1 aliphatic carbocycles. The van der Waals surface area contributed by atoms with E-state index in [9.17, 15) is 4.79 Å². The molecule has 1 saturated heterocycles. The van der Waals surface area contributed by atoms with Gasteiger partial charge in [0.2, 0.25) is 5.91 Å². The Kier molecular flexibility index (Phi) is 4.18. The van der Waals surface area contributed by atoms with E-state index in [-0.39, 0.29) is 5.91 Å². The standard InChI is InChI=1S/C13H23N3O/c1-15(12-7-8-14-9-12)10-13(17)16(2)11-5-3-4-6-11/h5,12,14H,3-4,6-10H2,1-2H3. The van der Waals surface area contributed by atoms with Crippen molar-refractivity contribution in [3.63, 3.8) is 0 Å². The van der Waals surface area contributed by atoms with Crippen LogP contribution in [0.15, 0.2) is 11.8 Å². The lowest BCUT2D eigenvalue weighted by Crippen LogP contribution is -2.41. The molecule has 0 radical (unpaired) electrons. The fourth-order valence-corrected chi connectivity index (χ4v) is 2.58. The van der Waals surface area contributed by atoms with Crippen molar-refractivity contribution in [2.45, 2.75) is 31.7 Å². The molecule has 1 heterocycles. The summed E-state index contributed by atoms with van der Waals surface area (Å²) in [5.41, 5.74) is 1.20. The number of allylic oxidation sites excluding steroid dienone is 2. The van der Waals surface area contributed by atoms with Crippen LogP contribution in [-0.2, 0) is 4.79 Å². The van der Waals surface area contributed by atoms with Gasteiger partial charge in [-0.1, -0.05) is 6.08 Å². The molecule has 17 heavy (non-hydrogen) atoms. The predicted molar refractivity (Wildman–Crippen MR) is 68.6 cm³/mol. The van der Waals surface area contributed by atoms with Crippen molar-refractivity contribution >= 4 is 5.91 Å². The second-order valence-electron chi connectivity index (χ2n) is 5.10. The van der Waals surface area contributed by atoms with E-state index in [4.69, 9.17) is 0 Å². The fourth-order valence-electron chi connectivity index (χ4n) is 2.58. The van der Waals surface area contributed by atoms with Crippen LogP contribution in [0, 0.1) is 0 Å². The van der Waals surface area contributed by atoms with Crippen molar-refractivity contribution in [1.82, 2.24) is 15.1 Å². The third-order valence-corrected chi connectivity index (χ3v) is 3.86. The minimum atomic E-state index is 0.215. The molecule has 0 aromatic heterocycles. The van der Waals surface area contributed by atoms with E-state index in [1.807, 2.05) is 19.0 Å². The van der Waals surface area contributed by atoms with E-state index in [1.165, 1.54) is 12.1 Å². The van der Waals surface area contributed by atoms with E-state index in [0.717, 1.165) is 32.4 Å². The highest BCUT2D eigenvalue weighted by atomic mass is 16.2. The maximum absolute atomic E-state index is 12.1. The molecule has 1 aliphatic heterocycles. The Hall–Kier alpha value is -0.870. The minimum Gasteiger partial charge on any atom is -0.318 e. The maximum atomic E-state index is 12.1. The van der Waals surface area contributed by atoms with Crippen molar-refractivity contribution in [2.24, 2.45) is 0 Å². The van der Waals surface area contributed by atoms with Gasteiger partial charge in [-0.3, -0.25) is 9.69 Å². The summed E-state index contributed by atoms with van der Waals surface area (Å²) in [6.07, 6.45) is 6.70. The predicted octanol–water partition coefficient (Wildman–Crippen LogP) is 0.806. The number of amides is 1. The van der Waals surface area contributed by atoms with Crippen LogP contribution in [0.3, 0.4) is 0 Å². The van der Waals surface area contributed by atoms with Gasteiger partial charge in [0.15, 0.2) is 0 Å². The highest BCUT2D eigenvalue weighted by Crippen LogP contribution is 2.20. The average Bonchev–Trinajstić information content (AvgIpc) is 3.00. The SMILES string of the molecule is CN(C(=O)CN(C)C1CCNC1)C1=CCCC1. The Labute approximate surface area is 104 Å². The van der Waals surface area contributed by atoms with E-state index in [1.54, 1.807) is 0 Å². The van der Waals surface area contributed by atoms with Crippen LogP contribution >= 0.6 is 0 Å². The number of rotatable bonds is 4. The van der Waals surface area contributed by atoms with E-state index in [2.05, 4.69) is 16.3 Å². The lowest BCUT2D eigenvalue weighted by atomic mass is 10.2. The summed E-state index contributed by atoms with van der Waals surface area (Å²) in [6.45, 7) is 2.61. The van der Waals surface area contributed by atoms with Crippen molar-refractivity contribution < 1.29 is 4.79 Å². The molecule has 0 bridgehead atoms. The van der Waals surface area contributed by atoms with E-state index in [0.29, 0.717) is 12.6 Å². The fraction of sp³-hybridized carbons (Fsp3) is 0.769. The first-order valence-corrected chi connectivity index (χ1v) is 6.55. The molecule has 2 rings (SSSR count). The van der Waals surface area contributed by atoms with Crippen LogP contribution in [-0.4, -0.2) is 55.5 Å².